The number of hydrogen-bond acceptors (Lipinski definition) is 2. The van der Waals surface area contributed by atoms with E-state index in [0.29, 0.717) is 12.0 Å². The third kappa shape index (κ3) is 2.36. The van der Waals surface area contributed by atoms with Crippen LogP contribution in [0.1, 0.15) is 11.3 Å². The molecule has 6 heteroatoms. The van der Waals surface area contributed by atoms with Crippen molar-refractivity contribution in [1.29, 1.82) is 0 Å². The van der Waals surface area contributed by atoms with Crippen LogP contribution in [0.2, 0.25) is 5.02 Å². The van der Waals surface area contributed by atoms with E-state index in [0.717, 1.165) is 6.20 Å². The molecule has 0 saturated carbocycles. The molecule has 1 aromatic heterocycles. The van der Waals surface area contributed by atoms with Crippen LogP contribution in [-0.4, -0.2) is 11.5 Å². The molecule has 0 radical (unpaired) electrons. The summed E-state index contributed by atoms with van der Waals surface area (Å²) in [5.74, 6) is 0. The van der Waals surface area contributed by atoms with Gasteiger partial charge in [0.15, 0.2) is 5.69 Å². The normalized spacial score (nSPS) is 11.8. The van der Waals surface area contributed by atoms with Crippen LogP contribution in [-0.2, 0) is 12.6 Å². The number of hydrogen-bond donors (Lipinski definition) is 1. The number of aromatic nitrogens is 1. The SMILES string of the molecule is NCCc1ccnc(C(F)(F)F)c1Cl. The predicted octanol–water partition coefficient (Wildman–Crippen LogP) is 2.25. The average Bonchev–Trinajstić information content (AvgIpc) is 2.07. The van der Waals surface area contributed by atoms with E-state index in [1.54, 1.807) is 0 Å². The summed E-state index contributed by atoms with van der Waals surface area (Å²) in [4.78, 5) is 3.19. The Hall–Kier alpha value is -0.810. The van der Waals surface area contributed by atoms with Crippen LogP contribution in [0.15, 0.2) is 12.3 Å². The van der Waals surface area contributed by atoms with Crippen molar-refractivity contribution < 1.29 is 13.2 Å². The largest absolute Gasteiger partial charge is 0.434 e. The Morgan fingerprint density at radius 3 is 2.57 bits per heavy atom. The third-order valence-electron chi connectivity index (χ3n) is 1.65. The van der Waals surface area contributed by atoms with Crippen molar-refractivity contribution in [3.8, 4) is 0 Å². The van der Waals surface area contributed by atoms with E-state index < -0.39 is 11.9 Å². The van der Waals surface area contributed by atoms with Gasteiger partial charge in [-0.2, -0.15) is 13.2 Å². The molecule has 2 nitrogen and oxygen atoms in total. The van der Waals surface area contributed by atoms with Crippen LogP contribution in [0, 0.1) is 0 Å². The van der Waals surface area contributed by atoms with Gasteiger partial charge in [0, 0.05) is 6.20 Å². The molecular weight excluding hydrogens is 217 g/mol. The quantitative estimate of drug-likeness (QED) is 0.837. The summed E-state index contributed by atoms with van der Waals surface area (Å²) in [6, 6.07) is 1.43. The fourth-order valence-electron chi connectivity index (χ4n) is 1.03. The fraction of sp³-hybridized carbons (Fsp3) is 0.375. The van der Waals surface area contributed by atoms with E-state index in [1.807, 2.05) is 0 Å². The first-order valence-electron chi connectivity index (χ1n) is 3.87. The van der Waals surface area contributed by atoms with E-state index in [1.165, 1.54) is 6.07 Å². The molecule has 1 heterocycles. The second-order valence-corrected chi connectivity index (χ2v) is 3.05. The summed E-state index contributed by atoms with van der Waals surface area (Å²) in [7, 11) is 0. The maximum Gasteiger partial charge on any atom is 0.434 e. The lowest BCUT2D eigenvalue weighted by atomic mass is 10.1. The van der Waals surface area contributed by atoms with Gasteiger partial charge in [0.05, 0.1) is 5.02 Å². The van der Waals surface area contributed by atoms with Gasteiger partial charge in [-0.3, -0.25) is 4.98 Å². The average molecular weight is 225 g/mol. The van der Waals surface area contributed by atoms with Gasteiger partial charge in [-0.1, -0.05) is 11.6 Å². The van der Waals surface area contributed by atoms with Crippen LogP contribution >= 0.6 is 11.6 Å². The van der Waals surface area contributed by atoms with Gasteiger partial charge in [0.25, 0.3) is 0 Å². The number of nitrogens with two attached hydrogens (primary N) is 1. The Bertz CT molecular complexity index is 325. The zero-order valence-corrected chi connectivity index (χ0v) is 7.86. The molecule has 1 rings (SSSR count). The lowest BCUT2D eigenvalue weighted by Crippen LogP contribution is -2.11. The number of pyridine rings is 1. The highest BCUT2D eigenvalue weighted by Crippen LogP contribution is 2.34. The molecule has 1 aromatic rings. The molecule has 0 amide bonds. The van der Waals surface area contributed by atoms with E-state index in [9.17, 15) is 13.2 Å². The van der Waals surface area contributed by atoms with Crippen molar-refractivity contribution in [3.05, 3.63) is 28.5 Å². The molecule has 0 fully saturated rings. The molecule has 0 saturated heterocycles. The van der Waals surface area contributed by atoms with Crippen LogP contribution in [0.25, 0.3) is 0 Å². The second-order valence-electron chi connectivity index (χ2n) is 2.67. The number of rotatable bonds is 2. The molecule has 0 aliphatic heterocycles. The summed E-state index contributed by atoms with van der Waals surface area (Å²) >= 11 is 5.53. The van der Waals surface area contributed by atoms with E-state index in [2.05, 4.69) is 4.98 Å². The summed E-state index contributed by atoms with van der Waals surface area (Å²) in [5.41, 5.74) is 4.55. The van der Waals surface area contributed by atoms with Crippen molar-refractivity contribution in [2.24, 2.45) is 5.73 Å². The Labute approximate surface area is 83.9 Å². The van der Waals surface area contributed by atoms with Crippen LogP contribution in [0.4, 0.5) is 13.2 Å². The minimum Gasteiger partial charge on any atom is -0.330 e. The zero-order valence-electron chi connectivity index (χ0n) is 7.11. The second kappa shape index (κ2) is 4.14. The van der Waals surface area contributed by atoms with Crippen LogP contribution in [0.3, 0.4) is 0 Å². The minimum atomic E-state index is -4.51. The number of halogens is 4. The first kappa shape index (κ1) is 11.3. The van der Waals surface area contributed by atoms with Gasteiger partial charge in [-0.15, -0.1) is 0 Å². The molecule has 78 valence electrons. The first-order valence-corrected chi connectivity index (χ1v) is 4.25. The number of alkyl halides is 3. The monoisotopic (exact) mass is 224 g/mol. The fourth-order valence-corrected chi connectivity index (χ4v) is 1.34. The molecule has 0 unspecified atom stereocenters. The Morgan fingerprint density at radius 1 is 1.43 bits per heavy atom. The molecule has 14 heavy (non-hydrogen) atoms. The Morgan fingerprint density at radius 2 is 2.07 bits per heavy atom. The Balaban J connectivity index is 3.14. The van der Waals surface area contributed by atoms with Crippen molar-refractivity contribution >= 4 is 11.6 Å². The summed E-state index contributed by atoms with van der Waals surface area (Å²) in [6.07, 6.45) is -3.12. The summed E-state index contributed by atoms with van der Waals surface area (Å²) in [6.45, 7) is 0.251. The number of nitrogens with zero attached hydrogens (tertiary/aromatic N) is 1. The maximum atomic E-state index is 12.3. The minimum absolute atomic E-state index is 0.251. The van der Waals surface area contributed by atoms with Crippen molar-refractivity contribution in [3.63, 3.8) is 0 Å². The molecule has 0 bridgehead atoms. The molecule has 2 N–H and O–H groups in total. The van der Waals surface area contributed by atoms with Gasteiger partial charge < -0.3 is 5.73 Å². The van der Waals surface area contributed by atoms with E-state index >= 15 is 0 Å². The molecule has 0 aliphatic carbocycles. The van der Waals surface area contributed by atoms with Gasteiger partial charge in [0.2, 0.25) is 0 Å². The van der Waals surface area contributed by atoms with Crippen molar-refractivity contribution in [1.82, 2.24) is 4.98 Å². The smallest absolute Gasteiger partial charge is 0.330 e. The maximum absolute atomic E-state index is 12.3. The highest BCUT2D eigenvalue weighted by atomic mass is 35.5. The van der Waals surface area contributed by atoms with Crippen molar-refractivity contribution in [2.45, 2.75) is 12.6 Å². The molecule has 0 aliphatic rings. The Kier molecular flexibility index (Phi) is 3.34. The molecule has 0 aromatic carbocycles. The van der Waals surface area contributed by atoms with E-state index in [-0.39, 0.29) is 11.6 Å². The topological polar surface area (TPSA) is 38.9 Å². The third-order valence-corrected chi connectivity index (χ3v) is 2.07. The highest BCUT2D eigenvalue weighted by Gasteiger charge is 2.35. The van der Waals surface area contributed by atoms with Crippen LogP contribution in [0.5, 0.6) is 0 Å². The van der Waals surface area contributed by atoms with Gasteiger partial charge in [-0.25, -0.2) is 0 Å². The molecule has 0 atom stereocenters. The standard InChI is InChI=1S/C8H8ClF3N2/c9-6-5(1-3-13)2-4-14-7(6)8(10,11)12/h2,4H,1,3,13H2. The highest BCUT2D eigenvalue weighted by molar-refractivity contribution is 6.32. The van der Waals surface area contributed by atoms with E-state index in [4.69, 9.17) is 17.3 Å². The van der Waals surface area contributed by atoms with Gasteiger partial charge in [-0.05, 0) is 24.6 Å². The van der Waals surface area contributed by atoms with Gasteiger partial charge >= 0.3 is 6.18 Å². The first-order chi connectivity index (χ1) is 6.46. The predicted molar refractivity (Wildman–Crippen MR) is 47.0 cm³/mol. The summed E-state index contributed by atoms with van der Waals surface area (Å²) < 4.78 is 36.9. The van der Waals surface area contributed by atoms with Crippen LogP contribution < -0.4 is 5.73 Å². The van der Waals surface area contributed by atoms with Crippen molar-refractivity contribution in [2.75, 3.05) is 6.54 Å². The lowest BCUT2D eigenvalue weighted by Gasteiger charge is -2.10. The lowest BCUT2D eigenvalue weighted by molar-refractivity contribution is -0.141. The summed E-state index contributed by atoms with van der Waals surface area (Å²) in [5, 5.41) is -0.356. The molecule has 0 spiro atoms. The zero-order chi connectivity index (χ0) is 10.8. The van der Waals surface area contributed by atoms with Gasteiger partial charge in [0.1, 0.15) is 0 Å². The molecular formula is C8H8ClF3N2.